The van der Waals surface area contributed by atoms with Crippen LogP contribution in [0.5, 0.6) is 0 Å². The Balaban J connectivity index is 1.96. The summed E-state index contributed by atoms with van der Waals surface area (Å²) in [6.07, 6.45) is -15.0. The maximum Gasteiger partial charge on any atom is 0.341 e. The van der Waals surface area contributed by atoms with Gasteiger partial charge in [-0.15, -0.1) is 0 Å². The number of urea groups is 1. The van der Waals surface area contributed by atoms with Gasteiger partial charge < -0.3 is 89.3 Å². The van der Waals surface area contributed by atoms with Crippen LogP contribution in [0.3, 0.4) is 0 Å². The third-order valence-electron chi connectivity index (χ3n) is 8.75. The van der Waals surface area contributed by atoms with Gasteiger partial charge in [-0.2, -0.15) is 0 Å². The number of hydroxylamine groups is 2. The molecule has 0 radical (unpaired) electrons. The number of amides is 2. The van der Waals surface area contributed by atoms with E-state index in [1.54, 1.807) is 0 Å². The zero-order chi connectivity index (χ0) is 33.6. The average Bonchev–Trinajstić information content (AvgIpc) is 3.00. The molecule has 264 valence electrons. The van der Waals surface area contributed by atoms with Crippen molar-refractivity contribution < 1.29 is 60.0 Å². The summed E-state index contributed by atoms with van der Waals surface area (Å²) < 4.78 is 17.7. The molecule has 3 rings (SSSR count). The van der Waals surface area contributed by atoms with Gasteiger partial charge >= 0.3 is 6.03 Å². The van der Waals surface area contributed by atoms with Crippen molar-refractivity contribution >= 4 is 6.03 Å². The van der Waals surface area contributed by atoms with E-state index >= 15 is 0 Å². The second-order valence-electron chi connectivity index (χ2n) is 11.8. The highest BCUT2D eigenvalue weighted by Crippen LogP contribution is 2.37. The first-order valence-electron chi connectivity index (χ1n) is 15.1. The number of hydrogen-bond donors (Lipinski definition) is 15. The third-order valence-corrected chi connectivity index (χ3v) is 8.75. The molecule has 20 nitrogen and oxygen atoms in total. The number of nitrogens with zero attached hydrogens (tertiary/aromatic N) is 1. The lowest BCUT2D eigenvalue weighted by atomic mass is 9.71. The van der Waals surface area contributed by atoms with E-state index in [1.807, 2.05) is 0 Å². The van der Waals surface area contributed by atoms with Gasteiger partial charge in [-0.25, -0.2) is 9.86 Å². The first kappa shape index (κ1) is 38.0. The number of hydrogen-bond acceptors (Lipinski definition) is 18. The molecule has 2 amide bonds. The summed E-state index contributed by atoms with van der Waals surface area (Å²) in [5.74, 6) is -1.09. The molecule has 3 aliphatic rings. The first-order chi connectivity index (χ1) is 21.3. The van der Waals surface area contributed by atoms with Crippen molar-refractivity contribution in [3.8, 4) is 0 Å². The Hall–Kier alpha value is -1.41. The number of carbonyl (C=O) groups is 1. The molecule has 20 heteroatoms. The Bertz CT molecular complexity index is 916. The highest BCUT2D eigenvalue weighted by molar-refractivity contribution is 5.73. The summed E-state index contributed by atoms with van der Waals surface area (Å²) in [5.41, 5.74) is 29.2. The van der Waals surface area contributed by atoms with Crippen LogP contribution in [-0.2, 0) is 14.2 Å². The zero-order valence-electron chi connectivity index (χ0n) is 24.9. The van der Waals surface area contributed by atoms with Gasteiger partial charge in [-0.1, -0.05) is 0 Å². The quantitative estimate of drug-likeness (QED) is 0.0646. The van der Waals surface area contributed by atoms with E-state index in [9.17, 15) is 45.7 Å². The molecule has 0 aromatic carbocycles. The molecule has 2 aliphatic heterocycles. The molecule has 20 N–H and O–H groups in total. The van der Waals surface area contributed by atoms with Gasteiger partial charge in [0.1, 0.15) is 36.6 Å². The van der Waals surface area contributed by atoms with E-state index in [2.05, 4.69) is 10.6 Å². The van der Waals surface area contributed by atoms with Crippen LogP contribution in [0.4, 0.5) is 4.79 Å². The minimum Gasteiger partial charge on any atom is -0.394 e. The van der Waals surface area contributed by atoms with E-state index in [0.29, 0.717) is 5.06 Å². The van der Waals surface area contributed by atoms with Gasteiger partial charge in [0.15, 0.2) is 6.29 Å². The van der Waals surface area contributed by atoms with Crippen molar-refractivity contribution in [2.24, 2.45) is 34.6 Å². The van der Waals surface area contributed by atoms with Crippen molar-refractivity contribution in [2.75, 3.05) is 39.3 Å². The van der Waals surface area contributed by atoms with Crippen LogP contribution in [0.15, 0.2) is 0 Å². The largest absolute Gasteiger partial charge is 0.394 e. The summed E-state index contributed by atoms with van der Waals surface area (Å²) in [6.45, 7) is -1.04. The molecule has 45 heavy (non-hydrogen) atoms. The fourth-order valence-corrected chi connectivity index (χ4v) is 6.21. The number of carbonyl (C=O) groups excluding carboxylic acids is 1. The zero-order valence-corrected chi connectivity index (χ0v) is 24.9. The smallest absolute Gasteiger partial charge is 0.341 e. The Morgan fingerprint density at radius 2 is 1.64 bits per heavy atom. The van der Waals surface area contributed by atoms with Crippen LogP contribution in [0.2, 0.25) is 0 Å². The van der Waals surface area contributed by atoms with E-state index in [0.717, 1.165) is 0 Å². The van der Waals surface area contributed by atoms with E-state index in [-0.39, 0.29) is 45.6 Å². The fourth-order valence-electron chi connectivity index (χ4n) is 6.21. The van der Waals surface area contributed by atoms with Crippen LogP contribution in [-0.4, -0.2) is 183 Å². The highest BCUT2D eigenvalue weighted by atomic mass is 16.7. The van der Waals surface area contributed by atoms with E-state index in [1.165, 1.54) is 0 Å². The standard InChI is InChI=1S/C25H52N8O12/c26-2-1-9(35)7-31-16-21(40)18(37)12(6-28)43-23(16)14-10(29)5-11(32-25(41)33(42)4-3-27)22(19(14)38)45-24-20(39)15(30)17(36)13(8-34)44-24/h9-24,31,34-40,42H,1-8,26-30H2,(H,32,41). The number of rotatable bonds is 13. The van der Waals surface area contributed by atoms with Gasteiger partial charge in [0.05, 0.1) is 55.7 Å². The molecule has 1 aliphatic carbocycles. The molecule has 0 bridgehead atoms. The van der Waals surface area contributed by atoms with Gasteiger partial charge in [0, 0.05) is 31.6 Å². The van der Waals surface area contributed by atoms with Crippen molar-refractivity contribution in [3.63, 3.8) is 0 Å². The van der Waals surface area contributed by atoms with Crippen molar-refractivity contribution in [3.05, 3.63) is 0 Å². The van der Waals surface area contributed by atoms with Crippen molar-refractivity contribution in [1.82, 2.24) is 15.7 Å². The molecular weight excluding hydrogens is 604 g/mol. The second kappa shape index (κ2) is 17.1. The lowest BCUT2D eigenvalue weighted by molar-refractivity contribution is -0.307. The van der Waals surface area contributed by atoms with Crippen LogP contribution in [0, 0.1) is 5.92 Å². The molecule has 16 atom stereocenters. The number of aliphatic hydroxyl groups excluding tert-OH is 7. The minimum absolute atomic E-state index is 0.0617. The molecule has 2 saturated heterocycles. The third kappa shape index (κ3) is 8.74. The predicted molar refractivity (Wildman–Crippen MR) is 154 cm³/mol. The molecule has 3 fully saturated rings. The van der Waals surface area contributed by atoms with Crippen molar-refractivity contribution in [2.45, 2.75) is 104 Å². The highest BCUT2D eigenvalue weighted by Gasteiger charge is 2.56. The van der Waals surface area contributed by atoms with Crippen LogP contribution >= 0.6 is 0 Å². The summed E-state index contributed by atoms with van der Waals surface area (Å²) >= 11 is 0. The SMILES string of the molecule is NCCC(O)CNC1C(O)C(O)C(CN)OC1C1C(N)CC(NC(=O)N(O)CCN)C(OC2OC(CO)C(O)C(N)C2O)C1O. The maximum absolute atomic E-state index is 12.7. The minimum atomic E-state index is -1.64. The van der Waals surface area contributed by atoms with Crippen LogP contribution < -0.4 is 39.3 Å². The average molecular weight is 657 g/mol. The molecule has 1 saturated carbocycles. The van der Waals surface area contributed by atoms with E-state index in [4.69, 9.17) is 42.9 Å². The molecular formula is C25H52N8O12. The Morgan fingerprint density at radius 3 is 2.24 bits per heavy atom. The molecule has 0 spiro atoms. The molecule has 0 aromatic rings. The molecule has 0 aromatic heterocycles. The van der Waals surface area contributed by atoms with Crippen molar-refractivity contribution in [1.29, 1.82) is 0 Å². The van der Waals surface area contributed by atoms with Gasteiger partial charge in [-0.3, -0.25) is 5.21 Å². The number of nitrogens with two attached hydrogens (primary N) is 5. The molecule has 16 unspecified atom stereocenters. The summed E-state index contributed by atoms with van der Waals surface area (Å²) in [4.78, 5) is 12.7. The number of nitrogens with one attached hydrogen (secondary N) is 2. The summed E-state index contributed by atoms with van der Waals surface area (Å²) in [5, 5.41) is 90.4. The lowest BCUT2D eigenvalue weighted by Crippen LogP contribution is -2.73. The first-order valence-corrected chi connectivity index (χ1v) is 15.1. The van der Waals surface area contributed by atoms with Crippen LogP contribution in [0.25, 0.3) is 0 Å². The van der Waals surface area contributed by atoms with Crippen LogP contribution in [0.1, 0.15) is 12.8 Å². The predicted octanol–water partition coefficient (Wildman–Crippen LogP) is -8.31. The fraction of sp³-hybridized carbons (Fsp3) is 0.960. The Labute approximate surface area is 260 Å². The maximum atomic E-state index is 12.7. The second-order valence-corrected chi connectivity index (χ2v) is 11.8. The summed E-state index contributed by atoms with van der Waals surface area (Å²) in [6, 6.07) is -5.50. The van der Waals surface area contributed by atoms with Gasteiger partial charge in [0.25, 0.3) is 0 Å². The van der Waals surface area contributed by atoms with Gasteiger partial charge in [-0.05, 0) is 19.4 Å². The molecule has 2 heterocycles. The van der Waals surface area contributed by atoms with E-state index < -0.39 is 110 Å². The Morgan fingerprint density at radius 1 is 0.956 bits per heavy atom. The van der Waals surface area contributed by atoms with Gasteiger partial charge in [0.2, 0.25) is 0 Å². The normalized spacial score (nSPS) is 43.1. The number of ether oxygens (including phenoxy) is 3. The summed E-state index contributed by atoms with van der Waals surface area (Å²) in [7, 11) is 0. The number of aliphatic hydroxyl groups is 7. The lowest BCUT2D eigenvalue weighted by Gasteiger charge is -2.53. The Kier molecular flexibility index (Phi) is 14.5. The monoisotopic (exact) mass is 656 g/mol. The topological polar surface area (TPSA) is 364 Å².